The van der Waals surface area contributed by atoms with Gasteiger partial charge in [-0.05, 0) is 44.9 Å². The highest BCUT2D eigenvalue weighted by atomic mass is 32.2. The highest BCUT2D eigenvalue weighted by Gasteiger charge is 2.31. The molecule has 3 rings (SSSR count). The van der Waals surface area contributed by atoms with Gasteiger partial charge < -0.3 is 19.7 Å². The number of benzene rings is 2. The van der Waals surface area contributed by atoms with Crippen molar-refractivity contribution in [2.75, 3.05) is 30.3 Å². The Bertz CT molecular complexity index is 1180. The van der Waals surface area contributed by atoms with Crippen LogP contribution in [0, 0.1) is 6.92 Å². The van der Waals surface area contributed by atoms with Gasteiger partial charge in [-0.3, -0.25) is 13.9 Å². The average molecular weight is 518 g/mol. The molecule has 0 spiro atoms. The van der Waals surface area contributed by atoms with Crippen LogP contribution in [0.2, 0.25) is 0 Å². The number of hydrogen-bond donors (Lipinski definition) is 1. The molecular weight excluding hydrogens is 482 g/mol. The predicted molar refractivity (Wildman–Crippen MR) is 139 cm³/mol. The molecule has 2 aromatic rings. The fraction of sp³-hybridized carbons (Fsp3) is 0.462. The summed E-state index contributed by atoms with van der Waals surface area (Å²) in [5.74, 6) is 0.136. The van der Waals surface area contributed by atoms with Gasteiger partial charge in [0.25, 0.3) is 0 Å². The van der Waals surface area contributed by atoms with Crippen LogP contribution in [0.3, 0.4) is 0 Å². The number of rotatable bonds is 10. The highest BCUT2D eigenvalue weighted by Crippen LogP contribution is 2.34. The SMILES string of the molecule is CC[C@H](C)NC(=O)[C@H](C)N(Cc1ccc(C)cc1)C(=O)CN(c1ccc2c(c1)OCCO2)S(C)(=O)=O. The molecule has 1 N–H and O–H groups in total. The van der Waals surface area contributed by atoms with Crippen LogP contribution >= 0.6 is 0 Å². The van der Waals surface area contributed by atoms with E-state index in [2.05, 4.69) is 5.32 Å². The summed E-state index contributed by atoms with van der Waals surface area (Å²) in [7, 11) is -3.83. The number of anilines is 1. The molecule has 0 saturated carbocycles. The minimum absolute atomic E-state index is 0.0542. The molecule has 0 aromatic heterocycles. The highest BCUT2D eigenvalue weighted by molar-refractivity contribution is 7.92. The zero-order chi connectivity index (χ0) is 26.5. The number of nitrogens with zero attached hydrogens (tertiary/aromatic N) is 2. The Balaban J connectivity index is 1.91. The van der Waals surface area contributed by atoms with Gasteiger partial charge in [0.15, 0.2) is 11.5 Å². The Kier molecular flexibility index (Phi) is 8.84. The van der Waals surface area contributed by atoms with Crippen LogP contribution in [0.15, 0.2) is 42.5 Å². The Morgan fingerprint density at radius 3 is 2.28 bits per heavy atom. The summed E-state index contributed by atoms with van der Waals surface area (Å²) in [6, 6.07) is 11.5. The maximum atomic E-state index is 13.6. The lowest BCUT2D eigenvalue weighted by molar-refractivity contribution is -0.139. The fourth-order valence-corrected chi connectivity index (χ4v) is 4.58. The van der Waals surface area contributed by atoms with Gasteiger partial charge in [0.05, 0.1) is 11.9 Å². The number of carbonyl (C=O) groups is 2. The van der Waals surface area contributed by atoms with E-state index < -0.39 is 28.5 Å². The number of carbonyl (C=O) groups excluding carboxylic acids is 2. The first-order valence-electron chi connectivity index (χ1n) is 12.0. The molecular formula is C26H35N3O6S. The third-order valence-electron chi connectivity index (χ3n) is 6.13. The van der Waals surface area contributed by atoms with Crippen molar-refractivity contribution in [1.82, 2.24) is 10.2 Å². The lowest BCUT2D eigenvalue weighted by Crippen LogP contribution is -2.52. The van der Waals surface area contributed by atoms with E-state index in [1.807, 2.05) is 45.0 Å². The maximum Gasteiger partial charge on any atom is 0.244 e. The molecule has 0 aliphatic carbocycles. The Morgan fingerprint density at radius 2 is 1.67 bits per heavy atom. The minimum atomic E-state index is -3.83. The second-order valence-electron chi connectivity index (χ2n) is 9.10. The van der Waals surface area contributed by atoms with Crippen LogP contribution in [0.1, 0.15) is 38.3 Å². The van der Waals surface area contributed by atoms with Crippen LogP contribution < -0.4 is 19.1 Å². The zero-order valence-corrected chi connectivity index (χ0v) is 22.3. The number of hydrogen-bond acceptors (Lipinski definition) is 6. The van der Waals surface area contributed by atoms with Gasteiger partial charge in [-0.1, -0.05) is 36.8 Å². The lowest BCUT2D eigenvalue weighted by Gasteiger charge is -2.32. The van der Waals surface area contributed by atoms with Gasteiger partial charge in [-0.2, -0.15) is 0 Å². The predicted octanol–water partition coefficient (Wildman–Crippen LogP) is 2.86. The van der Waals surface area contributed by atoms with Gasteiger partial charge >= 0.3 is 0 Å². The number of fused-ring (bicyclic) bond motifs is 1. The maximum absolute atomic E-state index is 13.6. The van der Waals surface area contributed by atoms with Crippen molar-refractivity contribution in [1.29, 1.82) is 0 Å². The van der Waals surface area contributed by atoms with Crippen LogP contribution in [0.5, 0.6) is 11.5 Å². The van der Waals surface area contributed by atoms with E-state index in [1.165, 1.54) is 4.90 Å². The van der Waals surface area contributed by atoms with Crippen molar-refractivity contribution in [3.8, 4) is 11.5 Å². The summed E-state index contributed by atoms with van der Waals surface area (Å²) in [6.07, 6.45) is 1.79. The number of aryl methyl sites for hydroxylation is 1. The first kappa shape index (κ1) is 27.3. The summed E-state index contributed by atoms with van der Waals surface area (Å²) < 4.78 is 37.6. The Labute approximate surface area is 213 Å². The Hall–Kier alpha value is -3.27. The molecule has 1 heterocycles. The molecule has 36 heavy (non-hydrogen) atoms. The van der Waals surface area contributed by atoms with E-state index in [4.69, 9.17) is 9.47 Å². The van der Waals surface area contributed by atoms with Gasteiger partial charge in [0.2, 0.25) is 21.8 Å². The number of ether oxygens (including phenoxy) is 2. The summed E-state index contributed by atoms with van der Waals surface area (Å²) in [5.41, 5.74) is 2.19. The van der Waals surface area contributed by atoms with Gasteiger partial charge in [-0.15, -0.1) is 0 Å². The molecule has 10 heteroatoms. The van der Waals surface area contributed by atoms with Crippen molar-refractivity contribution < 1.29 is 27.5 Å². The topological polar surface area (TPSA) is 105 Å². The van der Waals surface area contributed by atoms with E-state index in [0.717, 1.165) is 28.1 Å². The summed E-state index contributed by atoms with van der Waals surface area (Å²) in [6.45, 7) is 7.92. The van der Waals surface area contributed by atoms with Crippen LogP contribution in [0.4, 0.5) is 5.69 Å². The molecule has 1 aliphatic heterocycles. The first-order chi connectivity index (χ1) is 17.0. The van der Waals surface area contributed by atoms with Gasteiger partial charge in [0.1, 0.15) is 25.8 Å². The second kappa shape index (κ2) is 11.6. The molecule has 0 unspecified atom stereocenters. The molecule has 2 atom stereocenters. The summed E-state index contributed by atoms with van der Waals surface area (Å²) in [4.78, 5) is 28.0. The normalized spacial score (nSPS) is 14.5. The second-order valence-corrected chi connectivity index (χ2v) is 11.0. The summed E-state index contributed by atoms with van der Waals surface area (Å²) >= 11 is 0. The monoisotopic (exact) mass is 517 g/mol. The largest absolute Gasteiger partial charge is 0.486 e. The van der Waals surface area contributed by atoms with Crippen molar-refractivity contribution >= 4 is 27.5 Å². The average Bonchev–Trinajstić information content (AvgIpc) is 2.85. The van der Waals surface area contributed by atoms with E-state index in [9.17, 15) is 18.0 Å². The molecule has 196 valence electrons. The standard InChI is InChI=1S/C26H35N3O6S/c1-6-19(3)27-26(31)20(4)28(16-21-9-7-18(2)8-10-21)25(30)17-29(36(5,32)33)22-11-12-23-24(15-22)35-14-13-34-23/h7-12,15,19-20H,6,13-14,16-17H2,1-5H3,(H,27,31)/t19-,20-/m0/s1. The van der Waals surface area contributed by atoms with E-state index in [-0.39, 0.29) is 24.2 Å². The molecule has 2 aromatic carbocycles. The van der Waals surface area contributed by atoms with Crippen LogP contribution in [-0.4, -0.2) is 63.2 Å². The smallest absolute Gasteiger partial charge is 0.244 e. The van der Waals surface area contributed by atoms with Gasteiger partial charge in [-0.25, -0.2) is 8.42 Å². The van der Waals surface area contributed by atoms with Gasteiger partial charge in [0, 0.05) is 18.7 Å². The minimum Gasteiger partial charge on any atom is -0.486 e. The Morgan fingerprint density at radius 1 is 1.03 bits per heavy atom. The molecule has 2 amide bonds. The lowest BCUT2D eigenvalue weighted by atomic mass is 10.1. The number of amides is 2. The summed E-state index contributed by atoms with van der Waals surface area (Å²) in [5, 5.41) is 2.91. The number of sulfonamides is 1. The van der Waals surface area contributed by atoms with Crippen LogP contribution in [-0.2, 0) is 26.2 Å². The van der Waals surface area contributed by atoms with Crippen molar-refractivity contribution in [3.05, 3.63) is 53.6 Å². The van der Waals surface area contributed by atoms with E-state index in [1.54, 1.807) is 25.1 Å². The van der Waals surface area contributed by atoms with Crippen molar-refractivity contribution in [3.63, 3.8) is 0 Å². The van der Waals surface area contributed by atoms with Crippen molar-refractivity contribution in [2.45, 2.75) is 52.7 Å². The fourth-order valence-electron chi connectivity index (χ4n) is 3.74. The quantitative estimate of drug-likeness (QED) is 0.520. The number of nitrogens with one attached hydrogen (secondary N) is 1. The molecule has 9 nitrogen and oxygen atoms in total. The third-order valence-corrected chi connectivity index (χ3v) is 7.28. The van der Waals surface area contributed by atoms with Crippen molar-refractivity contribution in [2.24, 2.45) is 0 Å². The van der Waals surface area contributed by atoms with E-state index >= 15 is 0 Å². The molecule has 0 saturated heterocycles. The molecule has 0 fully saturated rings. The third kappa shape index (κ3) is 6.90. The van der Waals surface area contributed by atoms with Crippen LogP contribution in [0.25, 0.3) is 0 Å². The zero-order valence-electron chi connectivity index (χ0n) is 21.5. The molecule has 0 radical (unpaired) electrons. The first-order valence-corrected chi connectivity index (χ1v) is 13.9. The van der Waals surface area contributed by atoms with E-state index in [0.29, 0.717) is 24.7 Å². The molecule has 0 bridgehead atoms. The molecule has 1 aliphatic rings.